The summed E-state index contributed by atoms with van der Waals surface area (Å²) in [5.74, 6) is -1.55. The highest BCUT2D eigenvalue weighted by molar-refractivity contribution is 7.90. The van der Waals surface area contributed by atoms with Gasteiger partial charge < -0.3 is 15.3 Å². The van der Waals surface area contributed by atoms with Gasteiger partial charge in [-0.3, -0.25) is 0 Å². The first-order valence-electron chi connectivity index (χ1n) is 8.82. The van der Waals surface area contributed by atoms with Crippen molar-refractivity contribution in [1.29, 1.82) is 0 Å². The molecule has 1 aromatic heterocycles. The molecular formula is C21H21NO5S. The molecule has 0 fully saturated rings. The van der Waals surface area contributed by atoms with Gasteiger partial charge in [-0.1, -0.05) is 30.3 Å². The molecule has 0 aliphatic heterocycles. The summed E-state index contributed by atoms with van der Waals surface area (Å²) in [5, 5.41) is 9.89. The average molecular weight is 399 g/mol. The number of carboxylic acids is 1. The van der Waals surface area contributed by atoms with E-state index in [1.165, 1.54) is 24.7 Å². The first-order valence-corrected chi connectivity index (χ1v) is 10.5. The van der Waals surface area contributed by atoms with Crippen LogP contribution in [-0.4, -0.2) is 26.0 Å². The third-order valence-electron chi connectivity index (χ3n) is 4.52. The Morgan fingerprint density at radius 2 is 1.82 bits per heavy atom. The normalized spacial score (nSPS) is 11.5. The van der Waals surface area contributed by atoms with Crippen LogP contribution in [0.3, 0.4) is 0 Å². The predicted octanol–water partition coefficient (Wildman–Crippen LogP) is 3.51. The van der Waals surface area contributed by atoms with E-state index in [0.29, 0.717) is 30.5 Å². The largest absolute Gasteiger partial charge is 0.478 e. The van der Waals surface area contributed by atoms with Gasteiger partial charge in [0.05, 0.1) is 28.7 Å². The van der Waals surface area contributed by atoms with Gasteiger partial charge in [0.25, 0.3) is 0 Å². The molecule has 2 aromatic carbocycles. The fraction of sp³-hybridized carbons (Fsp3) is 0.190. The zero-order valence-electron chi connectivity index (χ0n) is 15.2. The van der Waals surface area contributed by atoms with Crippen LogP contribution in [0.4, 0.5) is 0 Å². The lowest BCUT2D eigenvalue weighted by atomic mass is 9.90. The fourth-order valence-electron chi connectivity index (χ4n) is 3.23. The highest BCUT2D eigenvalue weighted by Gasteiger charge is 2.24. The molecule has 7 heteroatoms. The van der Waals surface area contributed by atoms with E-state index in [4.69, 9.17) is 10.2 Å². The van der Waals surface area contributed by atoms with Crippen molar-refractivity contribution >= 4 is 15.8 Å². The number of hydrogen-bond acceptors (Lipinski definition) is 5. The van der Waals surface area contributed by atoms with Gasteiger partial charge in [-0.2, -0.15) is 0 Å². The van der Waals surface area contributed by atoms with E-state index in [1.54, 1.807) is 36.4 Å². The van der Waals surface area contributed by atoms with Crippen molar-refractivity contribution < 1.29 is 22.7 Å². The molecule has 0 unspecified atom stereocenters. The Labute approximate surface area is 163 Å². The minimum atomic E-state index is -3.68. The van der Waals surface area contributed by atoms with E-state index in [9.17, 15) is 18.3 Å². The molecule has 0 spiro atoms. The standard InChI is InChI=1S/C21H21NO5S/c22-11-4-7-19-18(15-10-12-27-13-15)9-8-16(20(19)21(23)24)14-28(25,26)17-5-2-1-3-6-17/h1-3,5-6,8-10,12-13H,4,7,11,14,22H2,(H,23,24). The lowest BCUT2D eigenvalue weighted by Gasteiger charge is -2.16. The Kier molecular flexibility index (Phi) is 5.96. The van der Waals surface area contributed by atoms with Gasteiger partial charge in [0.2, 0.25) is 0 Å². The summed E-state index contributed by atoms with van der Waals surface area (Å²) in [6.07, 6.45) is 4.06. The van der Waals surface area contributed by atoms with Crippen molar-refractivity contribution in [3.63, 3.8) is 0 Å². The lowest BCUT2D eigenvalue weighted by molar-refractivity contribution is 0.0695. The summed E-state index contributed by atoms with van der Waals surface area (Å²) in [6.45, 7) is 0.399. The number of carbonyl (C=O) groups is 1. The van der Waals surface area contributed by atoms with Gasteiger partial charge in [0.15, 0.2) is 9.84 Å². The van der Waals surface area contributed by atoms with Crippen molar-refractivity contribution in [2.24, 2.45) is 5.73 Å². The average Bonchev–Trinajstić information content (AvgIpc) is 3.21. The molecule has 3 N–H and O–H groups in total. The van der Waals surface area contributed by atoms with Gasteiger partial charge in [-0.15, -0.1) is 0 Å². The van der Waals surface area contributed by atoms with Crippen LogP contribution >= 0.6 is 0 Å². The van der Waals surface area contributed by atoms with E-state index in [-0.39, 0.29) is 21.8 Å². The number of aromatic carboxylic acids is 1. The van der Waals surface area contributed by atoms with Gasteiger partial charge >= 0.3 is 5.97 Å². The van der Waals surface area contributed by atoms with Crippen LogP contribution < -0.4 is 5.73 Å². The molecule has 6 nitrogen and oxygen atoms in total. The van der Waals surface area contributed by atoms with E-state index in [0.717, 1.165) is 5.56 Å². The van der Waals surface area contributed by atoms with Gasteiger partial charge in [-0.05, 0) is 54.3 Å². The maximum absolute atomic E-state index is 12.8. The van der Waals surface area contributed by atoms with E-state index in [1.807, 2.05) is 0 Å². The second-order valence-electron chi connectivity index (χ2n) is 6.41. The molecule has 28 heavy (non-hydrogen) atoms. The van der Waals surface area contributed by atoms with Crippen LogP contribution in [0.5, 0.6) is 0 Å². The Morgan fingerprint density at radius 3 is 2.43 bits per heavy atom. The Hall–Kier alpha value is -2.90. The summed E-state index contributed by atoms with van der Waals surface area (Å²) < 4.78 is 30.7. The number of hydrogen-bond donors (Lipinski definition) is 2. The maximum atomic E-state index is 12.8. The zero-order valence-corrected chi connectivity index (χ0v) is 16.0. The molecular weight excluding hydrogens is 378 g/mol. The Morgan fingerprint density at radius 1 is 1.07 bits per heavy atom. The minimum absolute atomic E-state index is 0.0201. The third-order valence-corrected chi connectivity index (χ3v) is 6.21. The second-order valence-corrected chi connectivity index (χ2v) is 8.40. The number of nitrogens with two attached hydrogens (primary N) is 1. The summed E-state index contributed by atoms with van der Waals surface area (Å²) in [4.78, 5) is 12.3. The quantitative estimate of drug-likeness (QED) is 0.600. The summed E-state index contributed by atoms with van der Waals surface area (Å²) in [6, 6.07) is 13.1. The molecule has 146 valence electrons. The van der Waals surface area contributed by atoms with Crippen molar-refractivity contribution in [2.75, 3.05) is 6.54 Å². The van der Waals surface area contributed by atoms with E-state index in [2.05, 4.69) is 0 Å². The zero-order chi connectivity index (χ0) is 20.1. The molecule has 0 aliphatic carbocycles. The minimum Gasteiger partial charge on any atom is -0.478 e. The number of furan rings is 1. The molecule has 0 saturated heterocycles. The molecule has 0 aliphatic rings. The van der Waals surface area contributed by atoms with Crippen LogP contribution in [0.25, 0.3) is 11.1 Å². The second kappa shape index (κ2) is 8.41. The molecule has 0 saturated carbocycles. The van der Waals surface area contributed by atoms with E-state index >= 15 is 0 Å². The number of sulfone groups is 1. The SMILES string of the molecule is NCCCc1c(-c2ccoc2)ccc(CS(=O)(=O)c2ccccc2)c1C(=O)O. The number of benzene rings is 2. The highest BCUT2D eigenvalue weighted by atomic mass is 32.2. The van der Waals surface area contributed by atoms with Crippen molar-refractivity contribution in [1.82, 2.24) is 0 Å². The summed E-state index contributed by atoms with van der Waals surface area (Å²) in [5.41, 5.74) is 7.93. The van der Waals surface area contributed by atoms with Gasteiger partial charge in [0.1, 0.15) is 0 Å². The monoisotopic (exact) mass is 399 g/mol. The Balaban J connectivity index is 2.13. The van der Waals surface area contributed by atoms with Gasteiger partial charge in [-0.25, -0.2) is 13.2 Å². The number of carboxylic acid groups (broad SMARTS) is 1. The first-order chi connectivity index (χ1) is 13.4. The highest BCUT2D eigenvalue weighted by Crippen LogP contribution is 2.32. The topological polar surface area (TPSA) is 111 Å². The Bertz CT molecular complexity index is 1060. The summed E-state index contributed by atoms with van der Waals surface area (Å²) >= 11 is 0. The van der Waals surface area contributed by atoms with Crippen LogP contribution in [0, 0.1) is 0 Å². The van der Waals surface area contributed by atoms with Crippen molar-refractivity contribution in [3.8, 4) is 11.1 Å². The number of rotatable bonds is 8. The molecule has 1 heterocycles. The van der Waals surface area contributed by atoms with E-state index < -0.39 is 15.8 Å². The molecule has 3 aromatic rings. The molecule has 0 amide bonds. The van der Waals surface area contributed by atoms with Crippen LogP contribution in [0.2, 0.25) is 0 Å². The van der Waals surface area contributed by atoms with Crippen LogP contribution in [0.1, 0.15) is 27.9 Å². The third kappa shape index (κ3) is 4.16. The molecule has 3 rings (SSSR count). The van der Waals surface area contributed by atoms with Crippen LogP contribution in [0.15, 0.2) is 70.4 Å². The first kappa shape index (κ1) is 19.9. The maximum Gasteiger partial charge on any atom is 0.336 e. The van der Waals surface area contributed by atoms with Crippen LogP contribution in [-0.2, 0) is 22.0 Å². The van der Waals surface area contributed by atoms with Crippen molar-refractivity contribution in [3.05, 3.63) is 77.7 Å². The molecule has 0 bridgehead atoms. The summed E-state index contributed by atoms with van der Waals surface area (Å²) in [7, 11) is -3.68. The lowest BCUT2D eigenvalue weighted by Crippen LogP contribution is -2.14. The van der Waals surface area contributed by atoms with Gasteiger partial charge in [0, 0.05) is 5.56 Å². The predicted molar refractivity (Wildman–Crippen MR) is 106 cm³/mol. The van der Waals surface area contributed by atoms with Crippen molar-refractivity contribution in [2.45, 2.75) is 23.5 Å². The fourth-order valence-corrected chi connectivity index (χ4v) is 4.61. The smallest absolute Gasteiger partial charge is 0.336 e. The molecule has 0 radical (unpaired) electrons. The molecule has 0 atom stereocenters.